The van der Waals surface area contributed by atoms with Crippen molar-refractivity contribution in [3.8, 4) is 0 Å². The van der Waals surface area contributed by atoms with Crippen LogP contribution in [0.4, 0.5) is 0 Å². The molecule has 15 unspecified atom stereocenters. The Bertz CT molecular complexity index is 3110. The molecule has 1 N–H and O–H groups in total. The Kier molecular flexibility index (Phi) is 32.4. The van der Waals surface area contributed by atoms with Crippen molar-refractivity contribution < 1.29 is 200 Å². The summed E-state index contributed by atoms with van der Waals surface area (Å²) >= 11 is 0. The molecule has 0 aromatic rings. The molecular weight excluding hydrogens is 1420 g/mol. The summed E-state index contributed by atoms with van der Waals surface area (Å²) in [6, 6.07) is 0. The van der Waals surface area contributed by atoms with Crippen LogP contribution in [-0.2, 0) is 195 Å². The number of ether oxygens (including phenoxy) is 25. The van der Waals surface area contributed by atoms with Crippen molar-refractivity contribution in [1.82, 2.24) is 0 Å². The maximum atomic E-state index is 13.6. The van der Waals surface area contributed by atoms with E-state index in [9.17, 15) is 81.8 Å². The summed E-state index contributed by atoms with van der Waals surface area (Å²) in [6.45, 7) is 9.94. The fraction of sp³-hybridized carbons (Fsp3) is 0.742. The standard InChI is InChI=1S/C62H84O42/c1-22(63)80-17-38-44(48(86-28(7)69)53(58(79)96-38)91-33(12)74)101-60-55(93-35(14)76)50(88-30(9)71)46(40(98-60)19-82-24(3)65)103-62-57(95-37(16)78)52(90-32(11)73)47(42(100-62)21-84-26(5)67)104-61-56(94-36(15)77)51(89-31(10)72)45(41(99-61)20-83-25(4)66)102-59-54(92-34(13)75)49(87-29(8)70)43(85-27(6)68)39(97-59)18-81-23(2)64/h38-62,79H,17-21H2,1-16H3/t38?,39?,40?,41?,42?,43-,44-,45-,46-,47-,48?,49?,50?,51?,52?,53?,54?,55?,56?,57?,58-,59+,60+,61+,62+/m1/s1. The molecule has 5 fully saturated rings. The highest BCUT2D eigenvalue weighted by Gasteiger charge is 2.63. The Balaban J connectivity index is 1.73. The third-order valence-corrected chi connectivity index (χ3v) is 14.7. The van der Waals surface area contributed by atoms with Crippen LogP contribution in [0, 0.1) is 0 Å². The van der Waals surface area contributed by atoms with E-state index in [2.05, 4.69) is 0 Å². The zero-order chi connectivity index (χ0) is 77.9. The molecule has 42 nitrogen and oxygen atoms in total. The fourth-order valence-electron chi connectivity index (χ4n) is 11.3. The summed E-state index contributed by atoms with van der Waals surface area (Å²) in [5.41, 5.74) is 0. The second-order valence-corrected chi connectivity index (χ2v) is 23.5. The molecule has 5 rings (SSSR count). The lowest BCUT2D eigenvalue weighted by atomic mass is 9.94. The van der Waals surface area contributed by atoms with Crippen LogP contribution in [0.3, 0.4) is 0 Å². The van der Waals surface area contributed by atoms with Gasteiger partial charge in [-0.25, -0.2) is 0 Å². The minimum Gasteiger partial charge on any atom is -0.463 e. The van der Waals surface area contributed by atoms with Crippen molar-refractivity contribution >= 4 is 95.5 Å². The molecule has 0 radical (unpaired) electrons. The Labute approximate surface area is 591 Å². The number of carbonyl (C=O) groups excluding carboxylic acids is 16. The van der Waals surface area contributed by atoms with Gasteiger partial charge in [-0.1, -0.05) is 0 Å². The minimum absolute atomic E-state index is 0.787. The van der Waals surface area contributed by atoms with E-state index in [4.69, 9.17) is 118 Å². The van der Waals surface area contributed by atoms with Gasteiger partial charge in [0, 0.05) is 111 Å². The molecule has 5 saturated heterocycles. The fourth-order valence-corrected chi connectivity index (χ4v) is 11.3. The molecule has 25 atom stereocenters. The van der Waals surface area contributed by atoms with Crippen molar-refractivity contribution in [3.05, 3.63) is 0 Å². The van der Waals surface area contributed by atoms with Crippen molar-refractivity contribution in [1.29, 1.82) is 0 Å². The van der Waals surface area contributed by atoms with Gasteiger partial charge < -0.3 is 124 Å². The molecule has 104 heavy (non-hydrogen) atoms. The van der Waals surface area contributed by atoms with Crippen LogP contribution in [0.5, 0.6) is 0 Å². The van der Waals surface area contributed by atoms with Gasteiger partial charge in [0.15, 0.2) is 98.6 Å². The lowest BCUT2D eigenvalue weighted by Crippen LogP contribution is -2.70. The first-order valence-corrected chi connectivity index (χ1v) is 31.8. The minimum atomic E-state index is -2.33. The van der Waals surface area contributed by atoms with Crippen LogP contribution in [0.1, 0.15) is 111 Å². The van der Waals surface area contributed by atoms with E-state index < -0.39 is 282 Å². The molecule has 0 spiro atoms. The normalized spacial score (nSPS) is 33.0. The van der Waals surface area contributed by atoms with Crippen LogP contribution in [0.2, 0.25) is 0 Å². The Morgan fingerprint density at radius 3 is 0.558 bits per heavy atom. The summed E-state index contributed by atoms with van der Waals surface area (Å²) in [7, 11) is 0. The Morgan fingerprint density at radius 1 is 0.202 bits per heavy atom. The number of aliphatic hydroxyl groups excluding tert-OH is 1. The highest BCUT2D eigenvalue weighted by atomic mass is 16.8. The molecule has 5 aliphatic rings. The lowest BCUT2D eigenvalue weighted by molar-refractivity contribution is -0.393. The zero-order valence-electron chi connectivity index (χ0n) is 59.2. The first-order chi connectivity index (χ1) is 48.6. The van der Waals surface area contributed by atoms with Gasteiger partial charge in [0.2, 0.25) is 0 Å². The van der Waals surface area contributed by atoms with E-state index in [0.717, 1.165) is 111 Å². The third kappa shape index (κ3) is 25.5. The highest BCUT2D eigenvalue weighted by molar-refractivity contribution is 5.72. The summed E-state index contributed by atoms with van der Waals surface area (Å²) in [6.07, 6.45) is -51.3. The average molecular weight is 1500 g/mol. The molecule has 42 heteroatoms. The smallest absolute Gasteiger partial charge is 0.303 e. The van der Waals surface area contributed by atoms with Gasteiger partial charge in [-0.3, -0.25) is 76.7 Å². The molecular formula is C62H84O42. The van der Waals surface area contributed by atoms with E-state index in [0.29, 0.717) is 0 Å². The number of carbonyl (C=O) groups is 16. The lowest BCUT2D eigenvalue weighted by Gasteiger charge is -2.51. The van der Waals surface area contributed by atoms with Gasteiger partial charge in [0.25, 0.3) is 0 Å². The predicted octanol–water partition coefficient (Wildman–Crippen LogP) is -2.79. The van der Waals surface area contributed by atoms with E-state index in [1.54, 1.807) is 0 Å². The van der Waals surface area contributed by atoms with Crippen molar-refractivity contribution in [3.63, 3.8) is 0 Å². The molecule has 0 aromatic heterocycles. The number of aliphatic hydroxyl groups is 1. The van der Waals surface area contributed by atoms with Crippen LogP contribution in [0.25, 0.3) is 0 Å². The van der Waals surface area contributed by atoms with E-state index >= 15 is 0 Å². The second kappa shape index (κ2) is 39.3. The molecule has 0 saturated carbocycles. The summed E-state index contributed by atoms with van der Waals surface area (Å²) in [5.74, 6) is -17.5. The molecule has 5 aliphatic heterocycles. The van der Waals surface area contributed by atoms with Crippen molar-refractivity contribution in [2.24, 2.45) is 0 Å². The quantitative estimate of drug-likeness (QED) is 0.0584. The number of hydrogen-bond donors (Lipinski definition) is 1. The molecule has 584 valence electrons. The molecule has 5 heterocycles. The van der Waals surface area contributed by atoms with Gasteiger partial charge >= 0.3 is 95.5 Å². The Morgan fingerprint density at radius 2 is 0.356 bits per heavy atom. The summed E-state index contributed by atoms with van der Waals surface area (Å²) in [4.78, 5) is 207. The van der Waals surface area contributed by atoms with Gasteiger partial charge in [-0.2, -0.15) is 0 Å². The molecule has 0 amide bonds. The van der Waals surface area contributed by atoms with E-state index in [1.165, 1.54) is 0 Å². The van der Waals surface area contributed by atoms with Gasteiger partial charge in [0.1, 0.15) is 88.0 Å². The zero-order valence-corrected chi connectivity index (χ0v) is 59.2. The topological polar surface area (TPSA) is 524 Å². The molecule has 0 aliphatic carbocycles. The summed E-state index contributed by atoms with van der Waals surface area (Å²) in [5, 5.41) is 11.1. The third-order valence-electron chi connectivity index (χ3n) is 14.7. The SMILES string of the molecule is CC(=O)OCC1O[C@@H](O[C@@H]2C(COC(C)=O)O[C@@H](O[C@@H]3C(COC(C)=O)O[C@@H](O[C@@H]4C(COC(C)=O)O[C@@H](O[C@@H]5C(COC(C)=O)O[C@@H](O)C(OC(C)=O)C5OC(C)=O)C(OC(C)=O)C4OC(C)=O)C(OC(C)=O)C3OC(C)=O)C(OC(C)=O)C2OC(C)=O)C(OC(C)=O)C(OC(C)=O)[C@@H]1OC(C)=O. The first-order valence-electron chi connectivity index (χ1n) is 31.8. The first kappa shape index (κ1) is 85.8. The van der Waals surface area contributed by atoms with Crippen molar-refractivity contribution in [2.45, 2.75) is 264 Å². The number of rotatable bonds is 29. The largest absolute Gasteiger partial charge is 0.463 e. The second-order valence-electron chi connectivity index (χ2n) is 23.5. The molecule has 0 bridgehead atoms. The van der Waals surface area contributed by atoms with Crippen LogP contribution in [0.15, 0.2) is 0 Å². The Hall–Kier alpha value is -8.88. The highest BCUT2D eigenvalue weighted by Crippen LogP contribution is 2.41. The van der Waals surface area contributed by atoms with Gasteiger partial charge in [-0.05, 0) is 0 Å². The monoisotopic (exact) mass is 1500 g/mol. The van der Waals surface area contributed by atoms with E-state index in [1.807, 2.05) is 0 Å². The maximum Gasteiger partial charge on any atom is 0.303 e. The van der Waals surface area contributed by atoms with Gasteiger partial charge in [-0.15, -0.1) is 0 Å². The predicted molar refractivity (Wildman–Crippen MR) is 319 cm³/mol. The summed E-state index contributed by atoms with van der Waals surface area (Å²) < 4.78 is 146. The maximum absolute atomic E-state index is 13.6. The number of esters is 16. The van der Waals surface area contributed by atoms with Crippen LogP contribution >= 0.6 is 0 Å². The number of hydrogen-bond acceptors (Lipinski definition) is 42. The van der Waals surface area contributed by atoms with Crippen LogP contribution < -0.4 is 0 Å². The van der Waals surface area contributed by atoms with E-state index in [-0.39, 0.29) is 0 Å². The average Bonchev–Trinajstić information content (AvgIpc) is 0.761. The van der Waals surface area contributed by atoms with Gasteiger partial charge in [0.05, 0.1) is 0 Å². The van der Waals surface area contributed by atoms with Crippen molar-refractivity contribution in [2.75, 3.05) is 33.0 Å². The van der Waals surface area contributed by atoms with Crippen LogP contribution in [-0.4, -0.2) is 287 Å². The molecule has 0 aromatic carbocycles.